The molecule has 0 spiro atoms. The molecule has 0 atom stereocenters. The molecular formula is C9H11BrOS. The van der Waals surface area contributed by atoms with E-state index in [1.165, 1.54) is 12.0 Å². The van der Waals surface area contributed by atoms with E-state index in [1.807, 2.05) is 0 Å². The second-order valence-corrected chi connectivity index (χ2v) is 5.72. The molecule has 0 aliphatic heterocycles. The summed E-state index contributed by atoms with van der Waals surface area (Å²) in [6.07, 6.45) is 3.55. The van der Waals surface area contributed by atoms with Crippen molar-refractivity contribution in [2.24, 2.45) is 0 Å². The predicted molar refractivity (Wildman–Crippen MR) is 54.6 cm³/mol. The summed E-state index contributed by atoms with van der Waals surface area (Å²) in [6, 6.07) is 2.14. The maximum Gasteiger partial charge on any atom is 0.0701 e. The van der Waals surface area contributed by atoms with Crippen molar-refractivity contribution in [2.45, 2.75) is 24.7 Å². The van der Waals surface area contributed by atoms with E-state index in [4.69, 9.17) is 0 Å². The zero-order chi connectivity index (χ0) is 8.60. The first-order valence-electron chi connectivity index (χ1n) is 4.12. The molecule has 0 amide bonds. The van der Waals surface area contributed by atoms with Crippen LogP contribution in [0.25, 0.3) is 0 Å². The van der Waals surface area contributed by atoms with E-state index in [0.717, 1.165) is 16.6 Å². The molecule has 1 N–H and O–H groups in total. The Morgan fingerprint density at radius 3 is 2.67 bits per heavy atom. The highest BCUT2D eigenvalue weighted by Crippen LogP contribution is 2.45. The van der Waals surface area contributed by atoms with Crippen LogP contribution >= 0.6 is 27.3 Å². The van der Waals surface area contributed by atoms with Crippen LogP contribution in [-0.2, 0) is 5.41 Å². The van der Waals surface area contributed by atoms with Gasteiger partial charge in [0.2, 0.25) is 0 Å². The van der Waals surface area contributed by atoms with Crippen LogP contribution in [0.2, 0.25) is 0 Å². The van der Waals surface area contributed by atoms with Crippen LogP contribution in [0.3, 0.4) is 0 Å². The molecule has 1 aromatic heterocycles. The second-order valence-electron chi connectivity index (χ2n) is 3.43. The van der Waals surface area contributed by atoms with E-state index in [-0.39, 0.29) is 5.41 Å². The van der Waals surface area contributed by atoms with Crippen LogP contribution in [0, 0.1) is 0 Å². The van der Waals surface area contributed by atoms with E-state index < -0.39 is 0 Å². The summed E-state index contributed by atoms with van der Waals surface area (Å²) in [4.78, 5) is 0. The number of halogens is 1. The van der Waals surface area contributed by atoms with Crippen LogP contribution in [-0.4, -0.2) is 11.7 Å². The first kappa shape index (κ1) is 8.73. The van der Waals surface area contributed by atoms with Crippen molar-refractivity contribution in [1.29, 1.82) is 0 Å². The lowest BCUT2D eigenvalue weighted by atomic mass is 9.66. The summed E-state index contributed by atoms with van der Waals surface area (Å²) in [5.41, 5.74) is 1.43. The second kappa shape index (κ2) is 3.13. The minimum absolute atomic E-state index is 0.114. The van der Waals surface area contributed by atoms with Crippen molar-refractivity contribution in [1.82, 2.24) is 0 Å². The van der Waals surface area contributed by atoms with Crippen molar-refractivity contribution in [3.8, 4) is 0 Å². The molecule has 12 heavy (non-hydrogen) atoms. The standard InChI is InChI=1S/C9H11BrOS/c10-8-4-7(5-12-8)9(6-11)2-1-3-9/h4-5,11H,1-3,6H2. The first-order chi connectivity index (χ1) is 5.77. The van der Waals surface area contributed by atoms with Crippen LogP contribution in [0.1, 0.15) is 24.8 Å². The summed E-state index contributed by atoms with van der Waals surface area (Å²) in [5, 5.41) is 11.4. The number of hydrogen-bond donors (Lipinski definition) is 1. The monoisotopic (exact) mass is 246 g/mol. The Morgan fingerprint density at radius 2 is 2.33 bits per heavy atom. The van der Waals surface area contributed by atoms with Gasteiger partial charge in [-0.15, -0.1) is 11.3 Å². The summed E-state index contributed by atoms with van der Waals surface area (Å²) >= 11 is 5.15. The fraction of sp³-hybridized carbons (Fsp3) is 0.556. The Bertz CT molecular complexity index is 272. The fourth-order valence-electron chi connectivity index (χ4n) is 1.73. The Morgan fingerprint density at radius 1 is 1.58 bits per heavy atom. The van der Waals surface area contributed by atoms with Gasteiger partial charge in [0, 0.05) is 5.41 Å². The van der Waals surface area contributed by atoms with E-state index in [1.54, 1.807) is 11.3 Å². The third-order valence-electron chi connectivity index (χ3n) is 2.79. The number of thiophene rings is 1. The van der Waals surface area contributed by atoms with Gasteiger partial charge in [-0.25, -0.2) is 0 Å². The summed E-state index contributed by atoms with van der Waals surface area (Å²) in [7, 11) is 0. The van der Waals surface area contributed by atoms with Gasteiger partial charge in [-0.3, -0.25) is 0 Å². The molecule has 1 heterocycles. The Balaban J connectivity index is 2.27. The van der Waals surface area contributed by atoms with Gasteiger partial charge >= 0.3 is 0 Å². The Labute approximate surface area is 84.6 Å². The third-order valence-corrected chi connectivity index (χ3v) is 4.30. The summed E-state index contributed by atoms with van der Waals surface area (Å²) in [5.74, 6) is 0. The van der Waals surface area contributed by atoms with Gasteiger partial charge in [0.1, 0.15) is 0 Å². The maximum absolute atomic E-state index is 9.29. The molecule has 1 saturated carbocycles. The lowest BCUT2D eigenvalue weighted by molar-refractivity contribution is 0.120. The van der Waals surface area contributed by atoms with Gasteiger partial charge in [-0.2, -0.15) is 0 Å². The molecule has 0 unspecified atom stereocenters. The highest BCUT2D eigenvalue weighted by molar-refractivity contribution is 9.11. The molecule has 0 radical (unpaired) electrons. The van der Waals surface area contributed by atoms with E-state index >= 15 is 0 Å². The Kier molecular flexibility index (Phi) is 2.27. The molecular weight excluding hydrogens is 236 g/mol. The molecule has 0 bridgehead atoms. The van der Waals surface area contributed by atoms with Crippen molar-refractivity contribution >= 4 is 27.3 Å². The van der Waals surface area contributed by atoms with Gasteiger partial charge in [0.25, 0.3) is 0 Å². The number of aliphatic hydroxyl groups is 1. The van der Waals surface area contributed by atoms with Gasteiger partial charge < -0.3 is 5.11 Å². The molecule has 2 rings (SSSR count). The van der Waals surface area contributed by atoms with Crippen LogP contribution in [0.15, 0.2) is 15.2 Å². The highest BCUT2D eigenvalue weighted by atomic mass is 79.9. The van der Waals surface area contributed by atoms with Gasteiger partial charge in [-0.1, -0.05) is 6.42 Å². The molecule has 0 saturated heterocycles. The molecule has 66 valence electrons. The molecule has 0 aromatic carbocycles. The molecule has 1 aliphatic carbocycles. The van der Waals surface area contributed by atoms with Crippen molar-refractivity contribution in [3.63, 3.8) is 0 Å². The smallest absolute Gasteiger partial charge is 0.0701 e. The maximum atomic E-state index is 9.29. The van der Waals surface area contributed by atoms with Crippen molar-refractivity contribution in [2.75, 3.05) is 6.61 Å². The average molecular weight is 247 g/mol. The fourth-order valence-corrected chi connectivity index (χ4v) is 3.01. The number of rotatable bonds is 2. The zero-order valence-corrected chi connectivity index (χ0v) is 9.12. The zero-order valence-electron chi connectivity index (χ0n) is 6.72. The van der Waals surface area contributed by atoms with Gasteiger partial charge in [-0.05, 0) is 45.8 Å². The molecule has 3 heteroatoms. The van der Waals surface area contributed by atoms with Crippen LogP contribution in [0.4, 0.5) is 0 Å². The largest absolute Gasteiger partial charge is 0.395 e. The van der Waals surface area contributed by atoms with Crippen molar-refractivity contribution < 1.29 is 5.11 Å². The summed E-state index contributed by atoms with van der Waals surface area (Å²) in [6.45, 7) is 0.302. The van der Waals surface area contributed by atoms with Crippen LogP contribution in [0.5, 0.6) is 0 Å². The lowest BCUT2D eigenvalue weighted by Gasteiger charge is -2.40. The lowest BCUT2D eigenvalue weighted by Crippen LogP contribution is -2.37. The van der Waals surface area contributed by atoms with Crippen molar-refractivity contribution in [3.05, 3.63) is 20.8 Å². The summed E-state index contributed by atoms with van der Waals surface area (Å²) < 4.78 is 1.16. The Hall–Kier alpha value is 0.140. The predicted octanol–water partition coefficient (Wildman–Crippen LogP) is 2.92. The average Bonchev–Trinajstić information content (AvgIpc) is 2.35. The number of aliphatic hydroxyl groups excluding tert-OH is 1. The molecule has 1 fully saturated rings. The van der Waals surface area contributed by atoms with Gasteiger partial charge in [0.05, 0.1) is 10.4 Å². The molecule has 1 nitrogen and oxygen atoms in total. The van der Waals surface area contributed by atoms with E-state index in [0.29, 0.717) is 6.61 Å². The highest BCUT2D eigenvalue weighted by Gasteiger charge is 2.38. The molecule has 1 aromatic rings. The van der Waals surface area contributed by atoms with Crippen LogP contribution < -0.4 is 0 Å². The van der Waals surface area contributed by atoms with Gasteiger partial charge in [0.15, 0.2) is 0 Å². The minimum atomic E-state index is 0.114. The SMILES string of the molecule is OCC1(c2csc(Br)c2)CCC1. The van der Waals surface area contributed by atoms with E-state index in [2.05, 4.69) is 27.4 Å². The minimum Gasteiger partial charge on any atom is -0.395 e. The quantitative estimate of drug-likeness (QED) is 0.851. The normalized spacial score (nSPS) is 20.5. The van der Waals surface area contributed by atoms with E-state index in [9.17, 15) is 5.11 Å². The molecule has 1 aliphatic rings. The third kappa shape index (κ3) is 1.24. The first-order valence-corrected chi connectivity index (χ1v) is 5.79. The number of hydrogen-bond acceptors (Lipinski definition) is 2. The topological polar surface area (TPSA) is 20.2 Å².